The molecule has 18 heavy (non-hydrogen) atoms. The molecular formula is C11H6BrF3O3. The molecule has 0 saturated carbocycles. The maximum Gasteiger partial charge on any atom is 0.430 e. The second-order valence-corrected chi connectivity index (χ2v) is 4.54. The van der Waals surface area contributed by atoms with Crippen molar-refractivity contribution < 1.29 is 27.8 Å². The van der Waals surface area contributed by atoms with E-state index in [1.54, 1.807) is 0 Å². The van der Waals surface area contributed by atoms with Gasteiger partial charge in [-0.3, -0.25) is 0 Å². The van der Waals surface area contributed by atoms with Gasteiger partial charge in [0.15, 0.2) is 0 Å². The lowest BCUT2D eigenvalue weighted by Gasteiger charge is -2.27. The minimum Gasteiger partial charge on any atom is -0.478 e. The standard InChI is InChI=1S/C11H6BrF3O3/c12-6-1-2-8-5(3-6)4-7(10(16)17)9(18-8)11(13,14)15/h1-4,9H,(H,16,17)/t9-/m1/s1. The molecule has 1 aliphatic rings. The first kappa shape index (κ1) is 12.9. The third-order valence-corrected chi connectivity index (χ3v) is 2.85. The van der Waals surface area contributed by atoms with E-state index in [1.165, 1.54) is 18.2 Å². The summed E-state index contributed by atoms with van der Waals surface area (Å²) < 4.78 is 43.4. The molecule has 1 heterocycles. The van der Waals surface area contributed by atoms with Crippen molar-refractivity contribution in [3.05, 3.63) is 33.8 Å². The number of carbonyl (C=O) groups is 1. The van der Waals surface area contributed by atoms with Crippen molar-refractivity contribution in [2.24, 2.45) is 0 Å². The van der Waals surface area contributed by atoms with E-state index in [1.807, 2.05) is 0 Å². The summed E-state index contributed by atoms with van der Waals surface area (Å²) in [5, 5.41) is 8.81. The van der Waals surface area contributed by atoms with Gasteiger partial charge >= 0.3 is 12.1 Å². The molecule has 1 aromatic rings. The van der Waals surface area contributed by atoms with Crippen molar-refractivity contribution in [1.29, 1.82) is 0 Å². The van der Waals surface area contributed by atoms with Crippen LogP contribution in [0.4, 0.5) is 13.2 Å². The number of rotatable bonds is 1. The number of halogens is 4. The van der Waals surface area contributed by atoms with Crippen LogP contribution in [0, 0.1) is 0 Å². The fourth-order valence-electron chi connectivity index (χ4n) is 1.59. The molecular weight excluding hydrogens is 317 g/mol. The normalized spacial score (nSPS) is 18.7. The molecule has 2 rings (SSSR count). The van der Waals surface area contributed by atoms with Gasteiger partial charge in [0, 0.05) is 10.0 Å². The molecule has 0 amide bonds. The molecule has 0 aliphatic carbocycles. The molecule has 0 fully saturated rings. The molecule has 0 unspecified atom stereocenters. The minimum absolute atomic E-state index is 0.00512. The van der Waals surface area contributed by atoms with Crippen LogP contribution in [0.15, 0.2) is 28.2 Å². The van der Waals surface area contributed by atoms with Crippen LogP contribution in [0.3, 0.4) is 0 Å². The maximum atomic E-state index is 12.7. The smallest absolute Gasteiger partial charge is 0.430 e. The average molecular weight is 323 g/mol. The zero-order valence-electron chi connectivity index (χ0n) is 8.66. The van der Waals surface area contributed by atoms with E-state index in [2.05, 4.69) is 15.9 Å². The maximum absolute atomic E-state index is 12.7. The van der Waals surface area contributed by atoms with E-state index in [0.717, 1.165) is 6.08 Å². The summed E-state index contributed by atoms with van der Waals surface area (Å²) in [7, 11) is 0. The predicted molar refractivity (Wildman–Crippen MR) is 60.2 cm³/mol. The first-order valence-corrected chi connectivity index (χ1v) is 5.56. The summed E-state index contributed by atoms with van der Waals surface area (Å²) in [6.45, 7) is 0. The van der Waals surface area contributed by atoms with Crippen LogP contribution in [0.25, 0.3) is 6.08 Å². The summed E-state index contributed by atoms with van der Waals surface area (Å²) in [5.41, 5.74) is -0.532. The van der Waals surface area contributed by atoms with Crippen LogP contribution >= 0.6 is 15.9 Å². The molecule has 7 heteroatoms. The number of benzene rings is 1. The third kappa shape index (κ3) is 2.35. The zero-order chi connectivity index (χ0) is 13.5. The predicted octanol–water partition coefficient (Wildman–Crippen LogP) is 3.24. The Kier molecular flexibility index (Phi) is 3.10. The Bertz CT molecular complexity index is 537. The zero-order valence-corrected chi connectivity index (χ0v) is 10.2. The molecule has 1 aliphatic heterocycles. The summed E-state index contributed by atoms with van der Waals surface area (Å²) in [6.07, 6.45) is -6.23. The number of hydrogen-bond acceptors (Lipinski definition) is 2. The summed E-state index contributed by atoms with van der Waals surface area (Å²) in [5.74, 6) is -1.64. The van der Waals surface area contributed by atoms with Crippen LogP contribution in [0.1, 0.15) is 5.56 Å². The van der Waals surface area contributed by atoms with Gasteiger partial charge in [0.2, 0.25) is 6.10 Å². The number of hydrogen-bond donors (Lipinski definition) is 1. The molecule has 0 saturated heterocycles. The van der Waals surface area contributed by atoms with Crippen LogP contribution in [0.5, 0.6) is 5.75 Å². The highest BCUT2D eigenvalue weighted by atomic mass is 79.9. The second-order valence-electron chi connectivity index (χ2n) is 3.63. The van der Waals surface area contributed by atoms with Crippen LogP contribution in [-0.2, 0) is 4.79 Å². The van der Waals surface area contributed by atoms with E-state index in [9.17, 15) is 18.0 Å². The SMILES string of the molecule is O=C(O)C1=Cc2cc(Br)ccc2O[C@H]1C(F)(F)F. The highest BCUT2D eigenvalue weighted by Gasteiger charge is 2.48. The number of fused-ring (bicyclic) bond motifs is 1. The lowest BCUT2D eigenvalue weighted by Crippen LogP contribution is -2.40. The number of carboxylic acids is 1. The Morgan fingerprint density at radius 2 is 2.06 bits per heavy atom. The number of alkyl halides is 3. The number of carboxylic acid groups (broad SMARTS) is 1. The molecule has 0 aromatic heterocycles. The first-order valence-electron chi connectivity index (χ1n) is 4.77. The van der Waals surface area contributed by atoms with Gasteiger partial charge in [0.25, 0.3) is 0 Å². The second kappa shape index (κ2) is 4.31. The lowest BCUT2D eigenvalue weighted by molar-refractivity contribution is -0.187. The monoisotopic (exact) mass is 322 g/mol. The Balaban J connectivity index is 2.53. The lowest BCUT2D eigenvalue weighted by atomic mass is 10.0. The Hall–Kier alpha value is -1.50. The average Bonchev–Trinajstić information content (AvgIpc) is 2.25. The summed E-state index contributed by atoms with van der Waals surface area (Å²) >= 11 is 3.15. The summed E-state index contributed by atoms with van der Waals surface area (Å²) in [6, 6.07) is 4.37. The van der Waals surface area contributed by atoms with Gasteiger partial charge in [0.1, 0.15) is 5.75 Å². The fraction of sp³-hybridized carbons (Fsp3) is 0.182. The molecule has 96 valence electrons. The van der Waals surface area contributed by atoms with Crippen molar-refractivity contribution in [3.63, 3.8) is 0 Å². The van der Waals surface area contributed by atoms with Gasteiger partial charge in [-0.25, -0.2) is 4.79 Å². The Morgan fingerprint density at radius 3 is 2.61 bits per heavy atom. The summed E-state index contributed by atoms with van der Waals surface area (Å²) in [4.78, 5) is 10.8. The first-order chi connectivity index (χ1) is 8.29. The van der Waals surface area contributed by atoms with Gasteiger partial charge in [-0.2, -0.15) is 13.2 Å². The topological polar surface area (TPSA) is 46.5 Å². The fourth-order valence-corrected chi connectivity index (χ4v) is 1.97. The molecule has 0 spiro atoms. The van der Waals surface area contributed by atoms with Gasteiger partial charge < -0.3 is 9.84 Å². The highest BCUT2D eigenvalue weighted by Crippen LogP contribution is 2.38. The number of ether oxygens (including phenoxy) is 1. The van der Waals surface area contributed by atoms with E-state index in [0.29, 0.717) is 10.0 Å². The van der Waals surface area contributed by atoms with E-state index < -0.39 is 23.8 Å². The van der Waals surface area contributed by atoms with Crippen LogP contribution < -0.4 is 4.74 Å². The number of aliphatic carboxylic acids is 1. The molecule has 0 radical (unpaired) electrons. The van der Waals surface area contributed by atoms with Gasteiger partial charge in [-0.05, 0) is 24.3 Å². The van der Waals surface area contributed by atoms with Gasteiger partial charge in [-0.1, -0.05) is 15.9 Å². The van der Waals surface area contributed by atoms with Crippen molar-refractivity contribution >= 4 is 28.0 Å². The Morgan fingerprint density at radius 1 is 1.39 bits per heavy atom. The van der Waals surface area contributed by atoms with Crippen molar-refractivity contribution in [2.45, 2.75) is 12.3 Å². The van der Waals surface area contributed by atoms with Gasteiger partial charge in [0.05, 0.1) is 5.57 Å². The van der Waals surface area contributed by atoms with Crippen LogP contribution in [-0.4, -0.2) is 23.4 Å². The van der Waals surface area contributed by atoms with Crippen molar-refractivity contribution in [1.82, 2.24) is 0 Å². The minimum atomic E-state index is -4.77. The molecule has 3 nitrogen and oxygen atoms in total. The largest absolute Gasteiger partial charge is 0.478 e. The molecule has 1 N–H and O–H groups in total. The highest BCUT2D eigenvalue weighted by molar-refractivity contribution is 9.10. The van der Waals surface area contributed by atoms with E-state index >= 15 is 0 Å². The molecule has 0 bridgehead atoms. The third-order valence-electron chi connectivity index (χ3n) is 2.35. The van der Waals surface area contributed by atoms with Gasteiger partial charge in [-0.15, -0.1) is 0 Å². The van der Waals surface area contributed by atoms with E-state index in [4.69, 9.17) is 9.84 Å². The quantitative estimate of drug-likeness (QED) is 0.863. The Labute approximate surface area is 108 Å². The molecule has 1 atom stereocenters. The van der Waals surface area contributed by atoms with Crippen molar-refractivity contribution in [2.75, 3.05) is 0 Å². The van der Waals surface area contributed by atoms with E-state index in [-0.39, 0.29) is 5.75 Å². The van der Waals surface area contributed by atoms with Crippen molar-refractivity contribution in [3.8, 4) is 5.75 Å². The molecule has 1 aromatic carbocycles. The van der Waals surface area contributed by atoms with Crippen LogP contribution in [0.2, 0.25) is 0 Å².